The van der Waals surface area contributed by atoms with Crippen LogP contribution in [0.25, 0.3) is 0 Å². The fourth-order valence-electron chi connectivity index (χ4n) is 2.65. The number of phenols is 1. The van der Waals surface area contributed by atoms with E-state index in [1.165, 1.54) is 18.2 Å². The number of hydrogen-bond acceptors (Lipinski definition) is 4. The molecule has 0 saturated heterocycles. The summed E-state index contributed by atoms with van der Waals surface area (Å²) in [6.07, 6.45) is 2.89. The van der Waals surface area contributed by atoms with Crippen LogP contribution in [0.5, 0.6) is 5.75 Å². The molecule has 0 spiro atoms. The number of benzene rings is 2. The molecule has 0 saturated carbocycles. The first-order valence-corrected chi connectivity index (χ1v) is 8.62. The molecular weight excluding hydrogens is 356 g/mol. The highest BCUT2D eigenvalue weighted by atomic mass is 16.3. The monoisotopic (exact) mass is 376 g/mol. The summed E-state index contributed by atoms with van der Waals surface area (Å²) in [6, 6.07) is 13.9. The van der Waals surface area contributed by atoms with Crippen molar-refractivity contribution in [2.75, 3.05) is 10.6 Å². The quantitative estimate of drug-likeness (QED) is 0.454. The topological polar surface area (TPSA) is 96.3 Å². The zero-order valence-corrected chi connectivity index (χ0v) is 15.3. The van der Waals surface area contributed by atoms with Gasteiger partial charge >= 0.3 is 0 Å². The average Bonchev–Trinajstić information content (AvgIpc) is 3.11. The molecule has 2 amide bonds. The normalized spacial score (nSPS) is 10.3. The number of aromatic hydroxyl groups is 1. The van der Waals surface area contributed by atoms with Gasteiger partial charge in [-0.15, -0.1) is 0 Å². The molecule has 7 nitrogen and oxygen atoms in total. The van der Waals surface area contributed by atoms with Gasteiger partial charge in [0.15, 0.2) is 5.82 Å². The zero-order valence-electron chi connectivity index (χ0n) is 15.3. The number of aromatic nitrogens is 2. The van der Waals surface area contributed by atoms with Crippen molar-refractivity contribution in [3.63, 3.8) is 0 Å². The van der Waals surface area contributed by atoms with Crippen LogP contribution < -0.4 is 10.6 Å². The number of carbonyl (C=O) groups is 2. The highest BCUT2D eigenvalue weighted by Gasteiger charge is 2.14. The van der Waals surface area contributed by atoms with E-state index in [1.54, 1.807) is 16.9 Å². The Balaban J connectivity index is 1.72. The molecule has 3 rings (SSSR count). The molecule has 28 heavy (non-hydrogen) atoms. The van der Waals surface area contributed by atoms with E-state index in [2.05, 4.69) is 22.3 Å². The average molecular weight is 376 g/mol. The van der Waals surface area contributed by atoms with E-state index >= 15 is 0 Å². The largest absolute Gasteiger partial charge is 0.507 e. The van der Waals surface area contributed by atoms with Gasteiger partial charge in [-0.2, -0.15) is 5.10 Å². The molecule has 3 N–H and O–H groups in total. The van der Waals surface area contributed by atoms with Gasteiger partial charge in [0, 0.05) is 18.0 Å². The van der Waals surface area contributed by atoms with Crippen molar-refractivity contribution in [3.05, 3.63) is 84.1 Å². The summed E-state index contributed by atoms with van der Waals surface area (Å²) < 4.78 is 1.72. The summed E-state index contributed by atoms with van der Waals surface area (Å²) in [7, 11) is 0. The molecule has 0 atom stereocenters. The van der Waals surface area contributed by atoms with Crippen LogP contribution in [0.4, 0.5) is 11.5 Å². The number of phenolic OH excluding ortho intramolecular Hbond substituents is 1. The number of anilines is 2. The Labute approximate surface area is 162 Å². The number of rotatable bonds is 6. The van der Waals surface area contributed by atoms with Crippen LogP contribution >= 0.6 is 0 Å². The van der Waals surface area contributed by atoms with Gasteiger partial charge in [-0.25, -0.2) is 0 Å². The van der Waals surface area contributed by atoms with E-state index in [0.29, 0.717) is 18.1 Å². The van der Waals surface area contributed by atoms with Crippen molar-refractivity contribution in [1.29, 1.82) is 0 Å². The first kappa shape index (κ1) is 18.9. The lowest BCUT2D eigenvalue weighted by Crippen LogP contribution is -2.14. The van der Waals surface area contributed by atoms with Crippen molar-refractivity contribution in [3.8, 4) is 5.75 Å². The lowest BCUT2D eigenvalue weighted by atomic mass is 10.1. The molecule has 1 aromatic heterocycles. The van der Waals surface area contributed by atoms with E-state index in [1.807, 2.05) is 31.2 Å². The van der Waals surface area contributed by atoms with E-state index in [0.717, 1.165) is 17.2 Å². The van der Waals surface area contributed by atoms with Gasteiger partial charge in [0.05, 0.1) is 12.1 Å². The van der Waals surface area contributed by atoms with Crippen LogP contribution in [-0.2, 0) is 11.3 Å². The molecule has 3 aromatic rings. The lowest BCUT2D eigenvalue weighted by molar-refractivity contribution is -0.111. The summed E-state index contributed by atoms with van der Waals surface area (Å²) >= 11 is 0. The van der Waals surface area contributed by atoms with Crippen molar-refractivity contribution >= 4 is 23.3 Å². The molecule has 0 fully saturated rings. The standard InChI is InChI=1S/C21H20N4O3/c1-3-20(27)22-16-8-9-18(26)17(12-16)21(28)23-19-10-11-25(24-19)13-15-7-5-4-6-14(15)2/h3-12,26H,1,13H2,2H3,(H,22,27)(H,23,24,28). The highest BCUT2D eigenvalue weighted by Crippen LogP contribution is 2.22. The van der Waals surface area contributed by atoms with Gasteiger partial charge in [-0.1, -0.05) is 30.8 Å². The minimum absolute atomic E-state index is 0.0234. The van der Waals surface area contributed by atoms with Crippen LogP contribution in [0.15, 0.2) is 67.4 Å². The van der Waals surface area contributed by atoms with Crippen molar-refractivity contribution < 1.29 is 14.7 Å². The fourth-order valence-corrected chi connectivity index (χ4v) is 2.65. The van der Waals surface area contributed by atoms with E-state index in [-0.39, 0.29) is 11.3 Å². The van der Waals surface area contributed by atoms with Gasteiger partial charge in [0.1, 0.15) is 5.75 Å². The fraction of sp³-hybridized carbons (Fsp3) is 0.0952. The molecule has 0 radical (unpaired) electrons. The molecule has 0 aliphatic rings. The number of carbonyl (C=O) groups excluding carboxylic acids is 2. The summed E-state index contributed by atoms with van der Waals surface area (Å²) in [5, 5.41) is 19.5. The highest BCUT2D eigenvalue weighted by molar-refractivity contribution is 6.07. The first-order valence-electron chi connectivity index (χ1n) is 8.62. The molecular formula is C21H20N4O3. The summed E-state index contributed by atoms with van der Waals surface area (Å²) in [4.78, 5) is 23.9. The Morgan fingerprint density at radius 1 is 1.18 bits per heavy atom. The van der Waals surface area contributed by atoms with E-state index in [4.69, 9.17) is 0 Å². The van der Waals surface area contributed by atoms with Crippen molar-refractivity contribution in [2.24, 2.45) is 0 Å². The zero-order chi connectivity index (χ0) is 20.1. The number of nitrogens with zero attached hydrogens (tertiary/aromatic N) is 2. The Morgan fingerprint density at radius 3 is 2.71 bits per heavy atom. The van der Waals surface area contributed by atoms with Gasteiger partial charge < -0.3 is 15.7 Å². The molecule has 2 aromatic carbocycles. The second-order valence-corrected chi connectivity index (χ2v) is 6.20. The van der Waals surface area contributed by atoms with Gasteiger partial charge in [-0.3, -0.25) is 14.3 Å². The first-order chi connectivity index (χ1) is 13.5. The van der Waals surface area contributed by atoms with Gasteiger partial charge in [0.25, 0.3) is 5.91 Å². The maximum absolute atomic E-state index is 12.5. The Kier molecular flexibility index (Phi) is 5.55. The summed E-state index contributed by atoms with van der Waals surface area (Å²) in [5.41, 5.74) is 2.69. The maximum atomic E-state index is 12.5. The third-order valence-electron chi connectivity index (χ3n) is 4.17. The molecule has 0 bridgehead atoms. The van der Waals surface area contributed by atoms with Gasteiger partial charge in [-0.05, 0) is 42.3 Å². The predicted molar refractivity (Wildman–Crippen MR) is 107 cm³/mol. The summed E-state index contributed by atoms with van der Waals surface area (Å²) in [6.45, 7) is 5.98. The molecule has 1 heterocycles. The lowest BCUT2D eigenvalue weighted by Gasteiger charge is -2.08. The Morgan fingerprint density at radius 2 is 1.96 bits per heavy atom. The third kappa shape index (κ3) is 4.45. The van der Waals surface area contributed by atoms with Gasteiger partial charge in [0.2, 0.25) is 5.91 Å². The Bertz CT molecular complexity index is 1040. The third-order valence-corrected chi connectivity index (χ3v) is 4.17. The van der Waals surface area contributed by atoms with Crippen LogP contribution in [0.1, 0.15) is 21.5 Å². The smallest absolute Gasteiger partial charge is 0.260 e. The van der Waals surface area contributed by atoms with Crippen LogP contribution in [0.3, 0.4) is 0 Å². The number of aryl methyl sites for hydroxylation is 1. The number of hydrogen-bond donors (Lipinski definition) is 3. The van der Waals surface area contributed by atoms with E-state index in [9.17, 15) is 14.7 Å². The maximum Gasteiger partial charge on any atom is 0.260 e. The second kappa shape index (κ2) is 8.22. The second-order valence-electron chi connectivity index (χ2n) is 6.20. The SMILES string of the molecule is C=CC(=O)Nc1ccc(O)c(C(=O)Nc2ccn(Cc3ccccc3C)n2)c1. The van der Waals surface area contributed by atoms with E-state index < -0.39 is 11.8 Å². The molecule has 142 valence electrons. The summed E-state index contributed by atoms with van der Waals surface area (Å²) in [5.74, 6) is -0.785. The van der Waals surface area contributed by atoms with Crippen LogP contribution in [-0.4, -0.2) is 26.7 Å². The molecule has 7 heteroatoms. The van der Waals surface area contributed by atoms with Crippen molar-refractivity contribution in [2.45, 2.75) is 13.5 Å². The van der Waals surface area contributed by atoms with Crippen molar-refractivity contribution in [1.82, 2.24) is 9.78 Å². The molecule has 0 unspecified atom stereocenters. The predicted octanol–water partition coefficient (Wildman–Crippen LogP) is 3.32. The molecule has 0 aliphatic carbocycles. The number of nitrogens with one attached hydrogen (secondary N) is 2. The molecule has 0 aliphatic heterocycles. The minimum Gasteiger partial charge on any atom is -0.507 e. The number of amides is 2. The minimum atomic E-state index is -0.534. The van der Waals surface area contributed by atoms with Crippen LogP contribution in [0, 0.1) is 6.92 Å². The van der Waals surface area contributed by atoms with Crippen LogP contribution in [0.2, 0.25) is 0 Å². The Hall–Kier alpha value is -3.87.